The molecule has 15 heteroatoms. The van der Waals surface area contributed by atoms with Gasteiger partial charge >= 0.3 is 7.82 Å². The maximum Gasteiger partial charge on any atom is 0.469 e. The second kappa shape index (κ2) is 6.54. The van der Waals surface area contributed by atoms with Crippen molar-refractivity contribution in [1.29, 1.82) is 5.53 Å². The number of aliphatic hydroxyl groups excluding tert-OH is 1. The maximum absolute atomic E-state index is 10.8. The summed E-state index contributed by atoms with van der Waals surface area (Å²) in [5.74, 6) is 0.141. The number of fused-ring (bicyclic) bond motifs is 1. The van der Waals surface area contributed by atoms with Crippen molar-refractivity contribution in [2.45, 2.75) is 24.5 Å². The van der Waals surface area contributed by atoms with E-state index in [0.29, 0.717) is 11.2 Å². The van der Waals surface area contributed by atoms with E-state index >= 15 is 0 Å². The monoisotopic (exact) mass is 373 g/mol. The van der Waals surface area contributed by atoms with Crippen LogP contribution in [0.2, 0.25) is 0 Å². The third kappa shape index (κ3) is 3.41. The summed E-state index contributed by atoms with van der Waals surface area (Å²) in [6, 6.07) is -1.04. The highest BCUT2D eigenvalue weighted by Crippen LogP contribution is 2.39. The number of ether oxygens (including phenoxy) is 1. The van der Waals surface area contributed by atoms with E-state index in [1.807, 2.05) is 0 Å². The lowest BCUT2D eigenvalue weighted by atomic mass is 10.1. The minimum absolute atomic E-state index is 0.141. The van der Waals surface area contributed by atoms with Gasteiger partial charge in [0.15, 0.2) is 17.7 Å². The molecule has 1 saturated heterocycles. The van der Waals surface area contributed by atoms with E-state index in [4.69, 9.17) is 25.8 Å². The molecule has 134 valence electrons. The molecule has 2 aromatic heterocycles. The van der Waals surface area contributed by atoms with Crippen LogP contribution in [0.1, 0.15) is 6.23 Å². The molecule has 2 aromatic rings. The summed E-state index contributed by atoms with van der Waals surface area (Å²) in [5.41, 5.74) is 13.2. The molecule has 25 heavy (non-hydrogen) atoms. The van der Waals surface area contributed by atoms with Gasteiger partial charge in [0.25, 0.3) is 0 Å². The normalized spacial score (nSPS) is 26.7. The fourth-order valence-electron chi connectivity index (χ4n) is 2.52. The summed E-state index contributed by atoms with van der Waals surface area (Å²) in [6.45, 7) is -0.588. The van der Waals surface area contributed by atoms with Crippen molar-refractivity contribution >= 4 is 24.8 Å². The molecule has 1 aliphatic rings. The van der Waals surface area contributed by atoms with E-state index in [0.717, 1.165) is 0 Å². The number of aromatic nitrogens is 4. The summed E-state index contributed by atoms with van der Waals surface area (Å²) in [5, 5.41) is 13.9. The molecule has 0 bridgehead atoms. The van der Waals surface area contributed by atoms with Gasteiger partial charge in [0, 0.05) is 0 Å². The van der Waals surface area contributed by atoms with Gasteiger partial charge in [-0.15, -0.1) is 0 Å². The summed E-state index contributed by atoms with van der Waals surface area (Å²) >= 11 is 0. The molecule has 4 atom stereocenters. The maximum atomic E-state index is 10.8. The van der Waals surface area contributed by atoms with Crippen molar-refractivity contribution in [3.63, 3.8) is 0 Å². The highest BCUT2D eigenvalue weighted by atomic mass is 31.2. The Morgan fingerprint density at radius 3 is 2.92 bits per heavy atom. The number of phosphoric acid groups is 1. The van der Waals surface area contributed by atoms with Crippen LogP contribution in [-0.4, -0.2) is 59.3 Å². The first kappa shape index (κ1) is 17.5. The average Bonchev–Trinajstić information content (AvgIpc) is 3.09. The first-order chi connectivity index (χ1) is 11.8. The minimum atomic E-state index is -4.74. The molecule has 3 heterocycles. The number of hydrogen-bond acceptors (Lipinski definition) is 10. The van der Waals surface area contributed by atoms with E-state index in [2.05, 4.69) is 29.5 Å². The van der Waals surface area contributed by atoms with Gasteiger partial charge in [-0.1, -0.05) is 0 Å². The zero-order chi connectivity index (χ0) is 18.2. The minimum Gasteiger partial charge on any atom is -0.388 e. The topological polar surface area (TPSA) is 216 Å². The third-order valence-corrected chi connectivity index (χ3v) is 4.08. The largest absolute Gasteiger partial charge is 0.469 e. The molecule has 0 radical (unpaired) electrons. The molecule has 0 spiro atoms. The Hall–Kier alpha value is -2.31. The molecule has 0 aromatic carbocycles. The van der Waals surface area contributed by atoms with Crippen molar-refractivity contribution in [1.82, 2.24) is 24.4 Å². The van der Waals surface area contributed by atoms with Gasteiger partial charge in [-0.25, -0.2) is 19.5 Å². The molecule has 0 amide bonds. The summed E-state index contributed by atoms with van der Waals surface area (Å²) < 4.78 is 22.2. The number of phosphoric ester groups is 1. The van der Waals surface area contributed by atoms with E-state index in [1.54, 1.807) is 0 Å². The molecule has 6 N–H and O–H groups in total. The Morgan fingerprint density at radius 2 is 2.24 bits per heavy atom. The van der Waals surface area contributed by atoms with Crippen LogP contribution in [0.25, 0.3) is 11.2 Å². The van der Waals surface area contributed by atoms with Crippen molar-refractivity contribution in [3.8, 4) is 0 Å². The lowest BCUT2D eigenvalue weighted by Crippen LogP contribution is -2.32. The number of imidazole rings is 1. The number of hydrogen-bond donors (Lipinski definition) is 5. The Balaban J connectivity index is 1.94. The van der Waals surface area contributed by atoms with Crippen LogP contribution in [-0.2, 0) is 13.8 Å². The van der Waals surface area contributed by atoms with Crippen molar-refractivity contribution in [2.75, 3.05) is 12.3 Å². The van der Waals surface area contributed by atoms with Crippen LogP contribution in [0.3, 0.4) is 0 Å². The first-order valence-corrected chi connectivity index (χ1v) is 8.38. The summed E-state index contributed by atoms with van der Waals surface area (Å²) in [4.78, 5) is 32.4. The van der Waals surface area contributed by atoms with Crippen molar-refractivity contribution in [2.24, 2.45) is 5.11 Å². The zero-order valence-electron chi connectivity index (χ0n) is 12.4. The van der Waals surface area contributed by atoms with Crippen molar-refractivity contribution < 1.29 is 28.7 Å². The fourth-order valence-corrected chi connectivity index (χ4v) is 2.86. The third-order valence-electron chi connectivity index (χ3n) is 3.60. The SMILES string of the molecule is N=[N+]=N[C@@H]1[C@H](O)[C@@H](COP(=O)(O)O)O[C@H]1n1cnc2c(N)ncnc21. The van der Waals surface area contributed by atoms with Gasteiger partial charge in [0.2, 0.25) is 11.0 Å². The zero-order valence-corrected chi connectivity index (χ0v) is 13.3. The van der Waals surface area contributed by atoms with Crippen LogP contribution < -0.4 is 10.6 Å². The van der Waals surface area contributed by atoms with Crippen LogP contribution >= 0.6 is 7.82 Å². The molecular formula is C10H14N8O6P+. The molecule has 3 rings (SSSR count). The highest BCUT2D eigenvalue weighted by Gasteiger charge is 2.49. The highest BCUT2D eigenvalue weighted by molar-refractivity contribution is 7.46. The first-order valence-electron chi connectivity index (χ1n) is 6.85. The van der Waals surface area contributed by atoms with Crippen LogP contribution in [0.4, 0.5) is 5.82 Å². The standard InChI is InChI=1S/C10H13N8O6P/c11-8-6-9(14-2-13-8)18(3-15-6)10-5(16-17-12)7(19)4(24-10)1-23-25(20,21)22/h2-5,7,10,12,19H,1H2,(H3-,11,13,14,20,21,22)/p+1/t4-,5-,7-,10-/m1/s1. The van der Waals surface area contributed by atoms with Crippen LogP contribution in [0.15, 0.2) is 17.8 Å². The van der Waals surface area contributed by atoms with E-state index < -0.39 is 38.9 Å². The second-order valence-corrected chi connectivity index (χ2v) is 6.37. The number of nitrogens with two attached hydrogens (primary N) is 1. The Kier molecular flexibility index (Phi) is 4.58. The van der Waals surface area contributed by atoms with E-state index in [-0.39, 0.29) is 5.82 Å². The van der Waals surface area contributed by atoms with Crippen molar-refractivity contribution in [3.05, 3.63) is 12.7 Å². The number of nitrogen functional groups attached to an aromatic ring is 1. The predicted molar refractivity (Wildman–Crippen MR) is 78.7 cm³/mol. The van der Waals surface area contributed by atoms with Gasteiger partial charge in [0.1, 0.15) is 34.7 Å². The van der Waals surface area contributed by atoms with Gasteiger partial charge in [-0.3, -0.25) is 9.09 Å². The average molecular weight is 373 g/mol. The molecule has 0 saturated carbocycles. The molecular weight excluding hydrogens is 359 g/mol. The fraction of sp³-hybridized carbons (Fsp3) is 0.500. The molecule has 14 nitrogen and oxygen atoms in total. The lowest BCUT2D eigenvalue weighted by Gasteiger charge is -2.15. The number of aliphatic hydroxyl groups is 1. The molecule has 0 unspecified atom stereocenters. The molecule has 1 fully saturated rings. The second-order valence-electron chi connectivity index (χ2n) is 5.13. The predicted octanol–water partition coefficient (Wildman–Crippen LogP) is -1.30. The molecule has 0 aliphatic carbocycles. The Bertz CT molecular complexity index is 877. The Morgan fingerprint density at radius 1 is 1.48 bits per heavy atom. The number of nitrogens with one attached hydrogen (secondary N) is 1. The quantitative estimate of drug-likeness (QED) is 0.237. The molecule has 1 aliphatic heterocycles. The van der Waals surface area contributed by atoms with Crippen LogP contribution in [0.5, 0.6) is 0 Å². The van der Waals surface area contributed by atoms with Gasteiger partial charge in [0.05, 0.1) is 12.9 Å². The smallest absolute Gasteiger partial charge is 0.388 e. The number of anilines is 1. The van der Waals surface area contributed by atoms with E-state index in [1.165, 1.54) is 17.2 Å². The Labute approximate surface area is 139 Å². The number of rotatable bonds is 5. The lowest BCUT2D eigenvalue weighted by molar-refractivity contribution is -0.0429. The van der Waals surface area contributed by atoms with Gasteiger partial charge in [-0.2, -0.15) is 0 Å². The van der Waals surface area contributed by atoms with E-state index in [9.17, 15) is 9.67 Å². The summed E-state index contributed by atoms with van der Waals surface area (Å²) in [6.07, 6.45) is -0.886. The van der Waals surface area contributed by atoms with Gasteiger partial charge < -0.3 is 25.4 Å². The van der Waals surface area contributed by atoms with Crippen LogP contribution in [0, 0.1) is 5.53 Å². The number of nitrogens with zero attached hydrogens (tertiary/aromatic N) is 6. The summed E-state index contributed by atoms with van der Waals surface area (Å²) in [7, 11) is -4.74. The van der Waals surface area contributed by atoms with Gasteiger partial charge in [-0.05, 0) is 0 Å².